The minimum atomic E-state index is -2.33. The Hall–Kier alpha value is -11.1. The van der Waals surface area contributed by atoms with Crippen molar-refractivity contribution < 1.29 is 132 Å². The molecule has 0 saturated heterocycles. The monoisotopic (exact) mass is 1660 g/mol. The van der Waals surface area contributed by atoms with E-state index in [2.05, 4.69) is 52.8 Å². The molecule has 0 bridgehead atoms. The first-order valence-electron chi connectivity index (χ1n) is 36.5. The second-order valence-corrected chi connectivity index (χ2v) is 28.7. The number of carbonyl (C=O) groups excluding carboxylic acids is 15. The number of nitrogens with two attached hydrogens (primary N) is 4. The van der Waals surface area contributed by atoms with E-state index in [0.717, 1.165) is 0 Å². The highest BCUT2D eigenvalue weighted by Gasteiger charge is 2.39. The summed E-state index contributed by atoms with van der Waals surface area (Å²) in [6.07, 6.45) is -3.60. The van der Waals surface area contributed by atoms with Gasteiger partial charge in [0.05, 0.1) is 51.6 Å². The normalized spacial score (nSPS) is 14.7. The molecule has 0 aliphatic rings. The summed E-state index contributed by atoms with van der Waals surface area (Å²) >= 11 is 1.45. The first kappa shape index (κ1) is 104. The van der Waals surface area contributed by atoms with Crippen LogP contribution in [0.4, 0.5) is 0 Å². The van der Waals surface area contributed by atoms with Gasteiger partial charge < -0.3 is 138 Å². The van der Waals surface area contributed by atoms with Crippen molar-refractivity contribution >= 4 is 136 Å². The Bertz CT molecular complexity index is 3400. The van der Waals surface area contributed by atoms with Crippen molar-refractivity contribution in [1.82, 2.24) is 79.8 Å². The quantitative estimate of drug-likeness (QED) is 0.0153. The third-order valence-electron chi connectivity index (χ3n) is 16.4. The predicted octanol–water partition coefficient (Wildman–Crippen LogP) is -10.1. The van der Waals surface area contributed by atoms with E-state index < -0.39 is 273 Å². The van der Waals surface area contributed by atoms with Gasteiger partial charge in [-0.1, -0.05) is 41.5 Å². The zero-order valence-corrected chi connectivity index (χ0v) is 66.2. The van der Waals surface area contributed by atoms with Crippen LogP contribution in [0, 0.1) is 17.8 Å². The molecule has 0 aromatic carbocycles. The number of aliphatic hydroxyl groups is 2. The first-order valence-corrected chi connectivity index (χ1v) is 37.9. The average molecular weight is 1660 g/mol. The Morgan fingerprint density at radius 3 is 1.13 bits per heavy atom. The van der Waals surface area contributed by atoms with Crippen LogP contribution in [0.2, 0.25) is 0 Å². The molecule has 0 radical (unpaired) electrons. The standard InChI is InChI=1S/C67H114N20O27S/c1-30(2)21-39(60(107)79-37(13-10-11-18-68)57(104)76-34(8)54(101)87-52(32(5)6)66(113)114)81-61(108)40(22-31(3)4)82-64(111)43(25-51(98)99)83-59(106)38(15-16-48(92)93)80-63(110)42(24-50(96)97)84-65(112)45(29-89)86-62(109)41(23-49(94)95)78-47(91)27-74-56(103)44(28-88)85-58(105)36(14-12-19-72-67(70)71)77-46(90)26-73-53(100)33(7)75-55(102)35(69)17-20-115-9/h30-45,52,88-89H,10-29,68-69H2,1-9H3,(H,73,100)(H,74,103)(H,75,102)(H,76,104)(H,77,90)(H,78,91)(H,79,107)(H,80,110)(H,81,108)(H,82,111)(H,83,106)(H,84,112)(H,85,105)(H,86,109)(H,87,101)(H,92,93)(H,94,95)(H,96,97)(H,98,99)(H,113,114)(H4,70,71,72)/t33-,34-,35-,36-,37-,38-,39-,40-,41-,42-,43-,44-,45-,52-/m0/s1. The van der Waals surface area contributed by atoms with E-state index in [9.17, 15) is 132 Å². The summed E-state index contributed by atoms with van der Waals surface area (Å²) in [4.78, 5) is 266. The van der Waals surface area contributed by atoms with Crippen LogP contribution < -0.4 is 103 Å². The number of thioether (sulfide) groups is 1. The SMILES string of the molecule is CSCC[C@H](N)C(=O)N[C@@H](C)C(=O)NCC(=O)N[C@@H](CCCN=C(N)N)C(=O)N[C@@H](CO)C(=O)NCC(=O)N[C@@H](CC(=O)O)C(=O)N[C@@H](CO)C(=O)N[C@@H](CC(=O)O)C(=O)N[C@@H](CCC(=O)O)C(=O)N[C@@H](CC(=O)O)C(=O)N[C@@H](CC(C)C)C(=O)N[C@@H](CC(C)C)C(=O)N[C@@H](CCCCN)C(=O)N[C@@H](C)C(=O)N[C@H](C(=O)O)C(C)C. The third kappa shape index (κ3) is 43.1. The minimum Gasteiger partial charge on any atom is -0.481 e. The Balaban J connectivity index is 6.69. The van der Waals surface area contributed by atoms with E-state index in [1.165, 1.54) is 25.6 Å². The Morgan fingerprint density at radius 1 is 0.374 bits per heavy atom. The second-order valence-electron chi connectivity index (χ2n) is 27.7. The number of unbranched alkanes of at least 4 members (excludes halogenated alkanes) is 1. The van der Waals surface area contributed by atoms with Gasteiger partial charge in [-0.15, -0.1) is 0 Å². The van der Waals surface area contributed by atoms with E-state index >= 15 is 0 Å². The van der Waals surface area contributed by atoms with Gasteiger partial charge in [0.15, 0.2) is 5.96 Å². The Labute approximate surface area is 665 Å². The van der Waals surface area contributed by atoms with Crippen molar-refractivity contribution in [3.8, 4) is 0 Å². The maximum absolute atomic E-state index is 14.3. The van der Waals surface area contributed by atoms with Gasteiger partial charge in [-0.2, -0.15) is 11.8 Å². The lowest BCUT2D eigenvalue weighted by atomic mass is 9.99. The number of nitrogens with one attached hydrogen (secondary N) is 15. The maximum atomic E-state index is 14.3. The average Bonchev–Trinajstić information content (AvgIpc) is 0.852. The Kier molecular flexibility index (Phi) is 49.3. The molecule has 15 amide bonds. The fraction of sp³-hybridized carbons (Fsp3) is 0.687. The van der Waals surface area contributed by atoms with Crippen LogP contribution in [0.5, 0.6) is 0 Å². The number of hydrogen-bond acceptors (Lipinski definition) is 26. The van der Waals surface area contributed by atoms with Gasteiger partial charge in [0.1, 0.15) is 78.5 Å². The number of rotatable bonds is 58. The number of aliphatic carboxylic acids is 5. The molecular weight excluding hydrogens is 1550 g/mol. The molecule has 14 atom stereocenters. The minimum absolute atomic E-state index is 0.0209. The van der Waals surface area contributed by atoms with Crippen LogP contribution in [0.25, 0.3) is 0 Å². The molecule has 0 saturated carbocycles. The number of aliphatic hydroxyl groups excluding tert-OH is 2. The summed E-state index contributed by atoms with van der Waals surface area (Å²) in [5.41, 5.74) is 22.3. The molecule has 47 nitrogen and oxygen atoms in total. The van der Waals surface area contributed by atoms with Crippen molar-refractivity contribution in [2.75, 3.05) is 51.4 Å². The zero-order chi connectivity index (χ0) is 88.1. The highest BCUT2D eigenvalue weighted by atomic mass is 32.2. The van der Waals surface area contributed by atoms with Crippen molar-refractivity contribution in [2.45, 2.75) is 223 Å². The van der Waals surface area contributed by atoms with Gasteiger partial charge in [-0.25, -0.2) is 4.79 Å². The lowest BCUT2D eigenvalue weighted by Crippen LogP contribution is -2.61. The van der Waals surface area contributed by atoms with Crippen LogP contribution in [0.15, 0.2) is 4.99 Å². The first-order chi connectivity index (χ1) is 53.7. The van der Waals surface area contributed by atoms with Gasteiger partial charge in [0.2, 0.25) is 88.6 Å². The van der Waals surface area contributed by atoms with Gasteiger partial charge in [-0.3, -0.25) is 96.1 Å². The van der Waals surface area contributed by atoms with Crippen molar-refractivity contribution in [2.24, 2.45) is 45.7 Å². The molecule has 0 rings (SSSR count). The number of amides is 15. The van der Waals surface area contributed by atoms with Crippen LogP contribution in [0.3, 0.4) is 0 Å². The summed E-state index contributed by atoms with van der Waals surface area (Å²) in [7, 11) is 0. The molecule has 0 aromatic heterocycles. The van der Waals surface area contributed by atoms with Crippen LogP contribution >= 0.6 is 11.8 Å². The largest absolute Gasteiger partial charge is 0.481 e. The van der Waals surface area contributed by atoms with E-state index in [-0.39, 0.29) is 63.5 Å². The van der Waals surface area contributed by atoms with Gasteiger partial charge in [0.25, 0.3) is 0 Å². The van der Waals surface area contributed by atoms with E-state index in [1.807, 2.05) is 31.9 Å². The zero-order valence-electron chi connectivity index (χ0n) is 65.4. The molecule has 0 aromatic rings. The maximum Gasteiger partial charge on any atom is 0.326 e. The number of carbonyl (C=O) groups is 20. The molecule has 0 fully saturated rings. The highest BCUT2D eigenvalue weighted by Crippen LogP contribution is 2.14. The number of hydrogen-bond donors (Lipinski definition) is 26. The summed E-state index contributed by atoms with van der Waals surface area (Å²) in [5, 5.41) is 102. The number of carboxylic acids is 5. The fourth-order valence-electron chi connectivity index (χ4n) is 10.2. The van der Waals surface area contributed by atoms with Gasteiger partial charge >= 0.3 is 29.8 Å². The molecule has 650 valence electrons. The number of nitrogens with zero attached hydrogens (tertiary/aromatic N) is 1. The second kappa shape index (κ2) is 54.6. The Morgan fingerprint density at radius 2 is 0.722 bits per heavy atom. The highest BCUT2D eigenvalue weighted by molar-refractivity contribution is 7.98. The van der Waals surface area contributed by atoms with E-state index in [0.29, 0.717) is 18.6 Å². The van der Waals surface area contributed by atoms with Crippen LogP contribution in [-0.2, 0) is 95.9 Å². The summed E-state index contributed by atoms with van der Waals surface area (Å²) < 4.78 is 0. The van der Waals surface area contributed by atoms with Crippen molar-refractivity contribution in [3.05, 3.63) is 0 Å². The number of guanidine groups is 1. The third-order valence-corrected chi connectivity index (χ3v) is 17.0. The van der Waals surface area contributed by atoms with Gasteiger partial charge in [0, 0.05) is 13.0 Å². The van der Waals surface area contributed by atoms with Gasteiger partial charge in [-0.05, 0) is 108 Å². The molecule has 30 N–H and O–H groups in total. The number of carboxylic acid groups (broad SMARTS) is 5. The lowest BCUT2D eigenvalue weighted by Gasteiger charge is -2.28. The van der Waals surface area contributed by atoms with Crippen LogP contribution in [0.1, 0.15) is 139 Å². The topological polar surface area (TPSA) is 780 Å². The summed E-state index contributed by atoms with van der Waals surface area (Å²) in [6, 6.07) is -23.7. The smallest absolute Gasteiger partial charge is 0.326 e. The van der Waals surface area contributed by atoms with E-state index in [1.54, 1.807) is 47.8 Å². The molecule has 115 heavy (non-hydrogen) atoms. The molecular formula is C67H114N20O27S. The van der Waals surface area contributed by atoms with E-state index in [4.69, 9.17) is 22.9 Å². The van der Waals surface area contributed by atoms with Crippen molar-refractivity contribution in [1.29, 1.82) is 0 Å². The molecule has 0 aliphatic heterocycles. The lowest BCUT2D eigenvalue weighted by molar-refractivity contribution is -0.143. The molecule has 48 heteroatoms. The molecule has 0 heterocycles. The number of aliphatic imine (C=N–C) groups is 1. The predicted molar refractivity (Wildman–Crippen MR) is 405 cm³/mol. The molecule has 0 aliphatic carbocycles. The summed E-state index contributed by atoms with van der Waals surface area (Å²) in [5.74, 6) is -26.9. The fourth-order valence-corrected chi connectivity index (χ4v) is 10.7. The summed E-state index contributed by atoms with van der Waals surface area (Å²) in [6.45, 7) is 7.92. The molecule has 0 unspecified atom stereocenters. The molecule has 0 spiro atoms. The van der Waals surface area contributed by atoms with Crippen molar-refractivity contribution in [3.63, 3.8) is 0 Å². The van der Waals surface area contributed by atoms with Crippen LogP contribution in [-0.4, -0.2) is 296 Å².